The van der Waals surface area contributed by atoms with Gasteiger partial charge in [0.1, 0.15) is 17.7 Å². The molecule has 2 rings (SSSR count). The summed E-state index contributed by atoms with van der Waals surface area (Å²) < 4.78 is 18.7. The highest BCUT2D eigenvalue weighted by Gasteiger charge is 2.31. The van der Waals surface area contributed by atoms with Crippen molar-refractivity contribution in [3.05, 3.63) is 30.1 Å². The molecule has 0 spiro atoms. The van der Waals surface area contributed by atoms with E-state index in [9.17, 15) is 4.39 Å². The van der Waals surface area contributed by atoms with E-state index in [0.717, 1.165) is 12.2 Å². The van der Waals surface area contributed by atoms with Crippen molar-refractivity contribution in [1.82, 2.24) is 0 Å². The zero-order chi connectivity index (χ0) is 11.5. The molecule has 0 amide bonds. The predicted molar refractivity (Wildman–Crippen MR) is 63.0 cm³/mol. The van der Waals surface area contributed by atoms with E-state index in [4.69, 9.17) is 4.74 Å². The Morgan fingerprint density at radius 3 is 2.50 bits per heavy atom. The molecule has 0 radical (unpaired) electrons. The largest absolute Gasteiger partial charge is 0.490 e. The lowest BCUT2D eigenvalue weighted by molar-refractivity contribution is 0.131. The van der Waals surface area contributed by atoms with Crippen LogP contribution < -0.4 is 4.74 Å². The Morgan fingerprint density at radius 2 is 1.88 bits per heavy atom. The van der Waals surface area contributed by atoms with Crippen LogP contribution in [-0.2, 0) is 0 Å². The van der Waals surface area contributed by atoms with Crippen LogP contribution in [0.25, 0.3) is 0 Å². The second kappa shape index (κ2) is 4.86. The first kappa shape index (κ1) is 11.4. The average Bonchev–Trinajstić information content (AvgIpc) is 2.69. The summed E-state index contributed by atoms with van der Waals surface area (Å²) in [6, 6.07) is 6.33. The maximum atomic E-state index is 12.7. The lowest BCUT2D eigenvalue weighted by Gasteiger charge is -2.24. The van der Waals surface area contributed by atoms with Gasteiger partial charge >= 0.3 is 0 Å². The lowest BCUT2D eigenvalue weighted by atomic mass is 9.92. The third kappa shape index (κ3) is 2.55. The number of halogens is 1. The Morgan fingerprint density at radius 1 is 1.19 bits per heavy atom. The third-order valence-electron chi connectivity index (χ3n) is 3.46. The smallest absolute Gasteiger partial charge is 0.123 e. The van der Waals surface area contributed by atoms with Gasteiger partial charge in [-0.25, -0.2) is 4.39 Å². The Labute approximate surface area is 96.6 Å². The normalized spacial score (nSPS) is 25.0. The summed E-state index contributed by atoms with van der Waals surface area (Å²) in [6.45, 7) is 4.49. The highest BCUT2D eigenvalue weighted by atomic mass is 19.1. The lowest BCUT2D eigenvalue weighted by Crippen LogP contribution is -2.25. The van der Waals surface area contributed by atoms with Crippen molar-refractivity contribution < 1.29 is 9.13 Å². The highest BCUT2D eigenvalue weighted by Crippen LogP contribution is 2.34. The standard InChI is InChI=1S/C14H19FO/c1-10(2)13-4-3-5-14(13)16-12-8-6-11(15)7-9-12/h6-10,13-14H,3-5H2,1-2H3. The molecule has 1 aromatic carbocycles. The summed E-state index contributed by atoms with van der Waals surface area (Å²) in [6.07, 6.45) is 3.93. The van der Waals surface area contributed by atoms with Crippen LogP contribution >= 0.6 is 0 Å². The predicted octanol–water partition coefficient (Wildman–Crippen LogP) is 4.03. The van der Waals surface area contributed by atoms with Gasteiger partial charge in [-0.15, -0.1) is 0 Å². The number of rotatable bonds is 3. The van der Waals surface area contributed by atoms with E-state index in [1.807, 2.05) is 0 Å². The van der Waals surface area contributed by atoms with Crippen LogP contribution in [0.5, 0.6) is 5.75 Å². The van der Waals surface area contributed by atoms with Crippen LogP contribution in [0.1, 0.15) is 33.1 Å². The summed E-state index contributed by atoms with van der Waals surface area (Å²) in [5.41, 5.74) is 0. The number of hydrogen-bond donors (Lipinski definition) is 0. The van der Waals surface area contributed by atoms with Gasteiger partial charge in [-0.2, -0.15) is 0 Å². The van der Waals surface area contributed by atoms with Gasteiger partial charge in [-0.1, -0.05) is 13.8 Å². The molecule has 2 heteroatoms. The first-order chi connectivity index (χ1) is 7.66. The first-order valence-corrected chi connectivity index (χ1v) is 6.09. The fourth-order valence-corrected chi connectivity index (χ4v) is 2.55. The molecule has 0 N–H and O–H groups in total. The van der Waals surface area contributed by atoms with Crippen molar-refractivity contribution >= 4 is 0 Å². The van der Waals surface area contributed by atoms with E-state index in [0.29, 0.717) is 17.9 Å². The number of hydrogen-bond acceptors (Lipinski definition) is 1. The van der Waals surface area contributed by atoms with Crippen LogP contribution in [-0.4, -0.2) is 6.10 Å². The van der Waals surface area contributed by atoms with E-state index in [-0.39, 0.29) is 5.82 Å². The zero-order valence-corrected chi connectivity index (χ0v) is 9.95. The Hall–Kier alpha value is -1.05. The van der Waals surface area contributed by atoms with Crippen LogP contribution in [0.2, 0.25) is 0 Å². The summed E-state index contributed by atoms with van der Waals surface area (Å²) in [7, 11) is 0. The van der Waals surface area contributed by atoms with Gasteiger partial charge in [0.05, 0.1) is 0 Å². The van der Waals surface area contributed by atoms with E-state index >= 15 is 0 Å². The van der Waals surface area contributed by atoms with Gasteiger partial charge in [-0.05, 0) is 55.4 Å². The molecule has 1 fully saturated rings. The fourth-order valence-electron chi connectivity index (χ4n) is 2.55. The fraction of sp³-hybridized carbons (Fsp3) is 0.571. The number of benzene rings is 1. The first-order valence-electron chi connectivity index (χ1n) is 6.09. The van der Waals surface area contributed by atoms with Gasteiger partial charge in [0.2, 0.25) is 0 Å². The minimum Gasteiger partial charge on any atom is -0.490 e. The molecule has 0 aliphatic heterocycles. The molecule has 0 heterocycles. The van der Waals surface area contributed by atoms with Crippen molar-refractivity contribution in [3.8, 4) is 5.75 Å². The molecule has 2 unspecified atom stereocenters. The molecule has 88 valence electrons. The molecule has 16 heavy (non-hydrogen) atoms. The van der Waals surface area contributed by atoms with Crippen molar-refractivity contribution in [1.29, 1.82) is 0 Å². The molecule has 1 nitrogen and oxygen atoms in total. The minimum absolute atomic E-state index is 0.209. The van der Waals surface area contributed by atoms with Gasteiger partial charge in [0.15, 0.2) is 0 Å². The summed E-state index contributed by atoms with van der Waals surface area (Å²) in [5, 5.41) is 0. The summed E-state index contributed by atoms with van der Waals surface area (Å²) in [4.78, 5) is 0. The minimum atomic E-state index is -0.209. The molecule has 0 saturated heterocycles. The highest BCUT2D eigenvalue weighted by molar-refractivity contribution is 5.22. The van der Waals surface area contributed by atoms with E-state index in [2.05, 4.69) is 13.8 Å². The van der Waals surface area contributed by atoms with E-state index in [1.54, 1.807) is 12.1 Å². The zero-order valence-electron chi connectivity index (χ0n) is 9.95. The van der Waals surface area contributed by atoms with Crippen LogP contribution in [0.3, 0.4) is 0 Å². The second-order valence-corrected chi connectivity index (χ2v) is 4.95. The molecule has 1 aromatic rings. The number of ether oxygens (including phenoxy) is 1. The van der Waals surface area contributed by atoms with Gasteiger partial charge in [-0.3, -0.25) is 0 Å². The summed E-state index contributed by atoms with van der Waals surface area (Å²) in [5.74, 6) is 1.89. The monoisotopic (exact) mass is 222 g/mol. The SMILES string of the molecule is CC(C)C1CCCC1Oc1ccc(F)cc1. The van der Waals surface area contributed by atoms with Crippen molar-refractivity contribution in [2.24, 2.45) is 11.8 Å². The van der Waals surface area contributed by atoms with E-state index < -0.39 is 0 Å². The topological polar surface area (TPSA) is 9.23 Å². The second-order valence-electron chi connectivity index (χ2n) is 4.95. The van der Waals surface area contributed by atoms with Crippen LogP contribution in [0.4, 0.5) is 4.39 Å². The Bertz CT molecular complexity index is 331. The maximum absolute atomic E-state index is 12.7. The van der Waals surface area contributed by atoms with Crippen molar-refractivity contribution in [2.45, 2.75) is 39.2 Å². The van der Waals surface area contributed by atoms with Crippen molar-refractivity contribution in [3.63, 3.8) is 0 Å². The third-order valence-corrected chi connectivity index (χ3v) is 3.46. The Balaban J connectivity index is 2.01. The molecular weight excluding hydrogens is 203 g/mol. The quantitative estimate of drug-likeness (QED) is 0.750. The maximum Gasteiger partial charge on any atom is 0.123 e. The molecule has 1 aliphatic carbocycles. The van der Waals surface area contributed by atoms with Crippen LogP contribution in [0, 0.1) is 17.7 Å². The molecule has 0 bridgehead atoms. The molecular formula is C14H19FO. The molecule has 1 saturated carbocycles. The van der Waals surface area contributed by atoms with Gasteiger partial charge < -0.3 is 4.74 Å². The van der Waals surface area contributed by atoms with Crippen molar-refractivity contribution in [2.75, 3.05) is 0 Å². The van der Waals surface area contributed by atoms with Gasteiger partial charge in [0, 0.05) is 0 Å². The Kier molecular flexibility index (Phi) is 3.47. The molecule has 0 aromatic heterocycles. The average molecular weight is 222 g/mol. The molecule has 1 aliphatic rings. The van der Waals surface area contributed by atoms with Crippen LogP contribution in [0.15, 0.2) is 24.3 Å². The van der Waals surface area contributed by atoms with E-state index in [1.165, 1.54) is 25.0 Å². The molecule has 2 atom stereocenters. The summed E-state index contributed by atoms with van der Waals surface area (Å²) >= 11 is 0. The van der Waals surface area contributed by atoms with Gasteiger partial charge in [0.25, 0.3) is 0 Å².